The van der Waals surface area contributed by atoms with Gasteiger partial charge in [0.25, 0.3) is 11.8 Å². The highest BCUT2D eigenvalue weighted by Gasteiger charge is 2.43. The van der Waals surface area contributed by atoms with Gasteiger partial charge < -0.3 is 14.5 Å². The van der Waals surface area contributed by atoms with Crippen LogP contribution in [0.3, 0.4) is 0 Å². The standard InChI is InChI=1S/C23H23N3O4/c1-29-16-7-3-6-15-18(16)19-20-17(13-4-2-5-14(13)21(19)24-15)22(27)26(23(20)28)12-25-8-10-30-11-9-25/h3,6-7,24H,2,4-5,8-12H2,1H3. The quantitative estimate of drug-likeness (QED) is 0.678. The molecule has 30 heavy (non-hydrogen) atoms. The van der Waals surface area contributed by atoms with E-state index < -0.39 is 0 Å². The van der Waals surface area contributed by atoms with Crippen molar-refractivity contribution in [3.8, 4) is 5.75 Å². The Morgan fingerprint density at radius 1 is 1.03 bits per heavy atom. The zero-order chi connectivity index (χ0) is 20.4. The van der Waals surface area contributed by atoms with E-state index in [2.05, 4.69) is 9.88 Å². The van der Waals surface area contributed by atoms with Crippen LogP contribution in [0.1, 0.15) is 38.3 Å². The summed E-state index contributed by atoms with van der Waals surface area (Å²) in [4.78, 5) is 34.2. The molecule has 0 atom stereocenters. The first kappa shape index (κ1) is 17.9. The van der Waals surface area contributed by atoms with E-state index in [0.29, 0.717) is 36.8 Å². The van der Waals surface area contributed by atoms with E-state index in [-0.39, 0.29) is 11.8 Å². The lowest BCUT2D eigenvalue weighted by molar-refractivity contribution is 0.0124. The van der Waals surface area contributed by atoms with Crippen molar-refractivity contribution in [2.24, 2.45) is 0 Å². The first-order valence-corrected chi connectivity index (χ1v) is 10.5. The highest BCUT2D eigenvalue weighted by atomic mass is 16.5. The molecule has 6 rings (SSSR count). The Kier molecular flexibility index (Phi) is 3.91. The monoisotopic (exact) mass is 405 g/mol. The largest absolute Gasteiger partial charge is 0.496 e. The molecule has 0 bridgehead atoms. The molecule has 2 amide bonds. The second kappa shape index (κ2) is 6.55. The number of carbonyl (C=O) groups excluding carboxylic acids is 2. The lowest BCUT2D eigenvalue weighted by Crippen LogP contribution is -2.46. The summed E-state index contributed by atoms with van der Waals surface area (Å²) in [6, 6.07) is 5.84. The Bertz CT molecular complexity index is 1220. The van der Waals surface area contributed by atoms with Crippen molar-refractivity contribution < 1.29 is 19.1 Å². The number of fused-ring (bicyclic) bond motifs is 8. The molecule has 1 aromatic heterocycles. The van der Waals surface area contributed by atoms with E-state index in [1.165, 1.54) is 10.5 Å². The highest BCUT2D eigenvalue weighted by Crippen LogP contribution is 2.45. The molecule has 1 saturated heterocycles. The van der Waals surface area contributed by atoms with Gasteiger partial charge in [-0.1, -0.05) is 6.07 Å². The number of carbonyl (C=O) groups is 2. The summed E-state index contributed by atoms with van der Waals surface area (Å²) in [6.45, 7) is 3.01. The van der Waals surface area contributed by atoms with Crippen LogP contribution in [0.25, 0.3) is 21.8 Å². The maximum Gasteiger partial charge on any atom is 0.263 e. The Labute approximate surface area is 173 Å². The van der Waals surface area contributed by atoms with Crippen LogP contribution in [-0.2, 0) is 17.6 Å². The van der Waals surface area contributed by atoms with E-state index in [4.69, 9.17) is 9.47 Å². The van der Waals surface area contributed by atoms with Crippen molar-refractivity contribution in [2.75, 3.05) is 40.1 Å². The molecule has 1 fully saturated rings. The van der Waals surface area contributed by atoms with Crippen molar-refractivity contribution in [3.05, 3.63) is 40.5 Å². The van der Waals surface area contributed by atoms with Crippen LogP contribution in [0.2, 0.25) is 0 Å². The minimum absolute atomic E-state index is 0.161. The summed E-state index contributed by atoms with van der Waals surface area (Å²) in [5.41, 5.74) is 5.29. The van der Waals surface area contributed by atoms with E-state index in [1.807, 2.05) is 18.2 Å². The molecule has 1 aliphatic carbocycles. The number of imide groups is 1. The molecular formula is C23H23N3O4. The molecule has 1 N–H and O–H groups in total. The number of aromatic nitrogens is 1. The van der Waals surface area contributed by atoms with Gasteiger partial charge in [-0.25, -0.2) is 0 Å². The molecule has 3 aliphatic rings. The number of hydrogen-bond acceptors (Lipinski definition) is 5. The van der Waals surface area contributed by atoms with E-state index in [1.54, 1.807) is 7.11 Å². The van der Waals surface area contributed by atoms with Crippen LogP contribution < -0.4 is 4.74 Å². The minimum atomic E-state index is -0.201. The fourth-order valence-electron chi connectivity index (χ4n) is 5.32. The van der Waals surface area contributed by atoms with E-state index >= 15 is 0 Å². The lowest BCUT2D eigenvalue weighted by atomic mass is 9.93. The third-order valence-electron chi connectivity index (χ3n) is 6.69. The van der Waals surface area contributed by atoms with Crippen LogP contribution in [0.4, 0.5) is 0 Å². The van der Waals surface area contributed by atoms with Crippen LogP contribution >= 0.6 is 0 Å². The average molecular weight is 405 g/mol. The Morgan fingerprint density at radius 2 is 1.80 bits per heavy atom. The maximum atomic E-state index is 13.6. The highest BCUT2D eigenvalue weighted by molar-refractivity contribution is 6.31. The van der Waals surface area contributed by atoms with Crippen LogP contribution in [0.15, 0.2) is 18.2 Å². The Balaban J connectivity index is 1.60. The van der Waals surface area contributed by atoms with Gasteiger partial charge in [0.2, 0.25) is 0 Å². The Hall–Kier alpha value is -2.90. The molecule has 2 aromatic carbocycles. The average Bonchev–Trinajstić information content (AvgIpc) is 3.45. The normalized spacial score (nSPS) is 19.2. The Morgan fingerprint density at radius 3 is 2.60 bits per heavy atom. The first-order valence-electron chi connectivity index (χ1n) is 10.5. The zero-order valence-corrected chi connectivity index (χ0v) is 16.9. The van der Waals surface area contributed by atoms with Gasteiger partial charge in [-0.15, -0.1) is 0 Å². The summed E-state index contributed by atoms with van der Waals surface area (Å²) < 4.78 is 11.0. The van der Waals surface area contributed by atoms with Gasteiger partial charge in [0.15, 0.2) is 0 Å². The van der Waals surface area contributed by atoms with Crippen molar-refractivity contribution in [2.45, 2.75) is 19.3 Å². The number of amides is 2. The molecule has 3 heterocycles. The molecule has 2 aliphatic heterocycles. The number of methoxy groups -OCH3 is 1. The number of morpholine rings is 1. The summed E-state index contributed by atoms with van der Waals surface area (Å²) >= 11 is 0. The summed E-state index contributed by atoms with van der Waals surface area (Å²) in [7, 11) is 1.64. The first-order chi connectivity index (χ1) is 14.7. The third-order valence-corrected chi connectivity index (χ3v) is 6.69. The van der Waals surface area contributed by atoms with Gasteiger partial charge in [0, 0.05) is 18.5 Å². The number of nitrogens with zero attached hydrogens (tertiary/aromatic N) is 2. The fourth-order valence-corrected chi connectivity index (χ4v) is 5.32. The van der Waals surface area contributed by atoms with Gasteiger partial charge in [0.1, 0.15) is 5.75 Å². The summed E-state index contributed by atoms with van der Waals surface area (Å²) in [5.74, 6) is 0.351. The fraction of sp³-hybridized carbons (Fsp3) is 0.391. The number of nitrogens with one attached hydrogen (secondary N) is 1. The SMILES string of the molecule is COc1cccc2[nH]c3c4c(c5c(c3c12)C(=O)N(CN1CCOCC1)C5=O)CCC4. The van der Waals surface area contributed by atoms with Gasteiger partial charge >= 0.3 is 0 Å². The molecule has 0 spiro atoms. The predicted molar refractivity (Wildman–Crippen MR) is 112 cm³/mol. The molecule has 0 saturated carbocycles. The topological polar surface area (TPSA) is 74.9 Å². The van der Waals surface area contributed by atoms with Crippen molar-refractivity contribution in [1.82, 2.24) is 14.8 Å². The summed E-state index contributed by atoms with van der Waals surface area (Å²) in [5, 5.41) is 1.72. The minimum Gasteiger partial charge on any atom is -0.496 e. The second-order valence-electron chi connectivity index (χ2n) is 8.23. The van der Waals surface area contributed by atoms with Gasteiger partial charge in [0.05, 0.1) is 54.5 Å². The third kappa shape index (κ3) is 2.33. The number of aromatic amines is 1. The second-order valence-corrected chi connectivity index (χ2v) is 8.23. The smallest absolute Gasteiger partial charge is 0.263 e. The van der Waals surface area contributed by atoms with Gasteiger partial charge in [-0.3, -0.25) is 19.4 Å². The van der Waals surface area contributed by atoms with E-state index in [0.717, 1.165) is 59.7 Å². The number of ether oxygens (including phenoxy) is 2. The lowest BCUT2D eigenvalue weighted by Gasteiger charge is -2.29. The summed E-state index contributed by atoms with van der Waals surface area (Å²) in [6.07, 6.45) is 2.75. The predicted octanol–water partition coefficient (Wildman–Crippen LogP) is 2.70. The molecule has 3 aromatic rings. The van der Waals surface area contributed by atoms with Crippen LogP contribution in [0, 0.1) is 0 Å². The van der Waals surface area contributed by atoms with Crippen molar-refractivity contribution in [1.29, 1.82) is 0 Å². The molecule has 0 radical (unpaired) electrons. The van der Waals surface area contributed by atoms with Gasteiger partial charge in [-0.05, 0) is 42.5 Å². The number of aryl methyl sites for hydroxylation is 1. The molecule has 0 unspecified atom stereocenters. The van der Waals surface area contributed by atoms with Crippen molar-refractivity contribution >= 4 is 33.6 Å². The maximum absolute atomic E-state index is 13.6. The molecule has 7 nitrogen and oxygen atoms in total. The number of benzene rings is 2. The van der Waals surface area contributed by atoms with Gasteiger partial charge in [-0.2, -0.15) is 0 Å². The number of hydrogen-bond donors (Lipinski definition) is 1. The van der Waals surface area contributed by atoms with E-state index in [9.17, 15) is 9.59 Å². The van der Waals surface area contributed by atoms with Crippen molar-refractivity contribution in [3.63, 3.8) is 0 Å². The van der Waals surface area contributed by atoms with Crippen LogP contribution in [-0.4, -0.2) is 66.7 Å². The van der Waals surface area contributed by atoms with Crippen LogP contribution in [0.5, 0.6) is 5.75 Å². The molecule has 154 valence electrons. The zero-order valence-electron chi connectivity index (χ0n) is 16.9. The molecule has 7 heteroatoms. The molecular weight excluding hydrogens is 382 g/mol. The number of H-pyrrole nitrogens is 1. The number of rotatable bonds is 3.